The molecule has 0 atom stereocenters. The Morgan fingerprint density at radius 1 is 1.03 bits per heavy atom. The van der Waals surface area contributed by atoms with Gasteiger partial charge in [-0.15, -0.1) is 0 Å². The molecule has 4 rings (SSSR count). The fourth-order valence-electron chi connectivity index (χ4n) is 6.00. The van der Waals surface area contributed by atoms with Crippen LogP contribution in [0.5, 0.6) is 0 Å². The molecule has 1 fully saturated rings. The van der Waals surface area contributed by atoms with Crippen molar-refractivity contribution < 1.29 is 31.5 Å². The van der Waals surface area contributed by atoms with Gasteiger partial charge < -0.3 is 10.0 Å². The molecule has 10 heteroatoms. The summed E-state index contributed by atoms with van der Waals surface area (Å²) in [6.45, 7) is 3.39. The number of alkyl halides is 3. The van der Waals surface area contributed by atoms with Gasteiger partial charge in [-0.2, -0.15) is 13.2 Å². The van der Waals surface area contributed by atoms with Crippen molar-refractivity contribution >= 4 is 21.6 Å². The van der Waals surface area contributed by atoms with E-state index in [0.717, 1.165) is 78.9 Å². The van der Waals surface area contributed by atoms with E-state index in [2.05, 4.69) is 24.0 Å². The Hall–Kier alpha value is -2.75. The molecule has 6 nitrogen and oxygen atoms in total. The van der Waals surface area contributed by atoms with Crippen molar-refractivity contribution in [2.45, 2.75) is 82.5 Å². The molecule has 2 aromatic carbocycles. The molecule has 2 aliphatic carbocycles. The zero-order chi connectivity index (χ0) is 28.4. The highest BCUT2D eigenvalue weighted by Gasteiger charge is 2.33. The van der Waals surface area contributed by atoms with Gasteiger partial charge in [0, 0.05) is 31.6 Å². The lowest BCUT2D eigenvalue weighted by molar-refractivity contribution is -0.137. The molecular formula is C29H37F3N2O4S. The number of hydrogen-bond donors (Lipinski definition) is 1. The molecule has 0 heterocycles. The topological polar surface area (TPSA) is 77.9 Å². The third-order valence-electron chi connectivity index (χ3n) is 8.02. The molecule has 39 heavy (non-hydrogen) atoms. The van der Waals surface area contributed by atoms with E-state index in [4.69, 9.17) is 0 Å². The van der Waals surface area contributed by atoms with Crippen LogP contribution in [0.3, 0.4) is 0 Å². The maximum Gasteiger partial charge on any atom is 0.416 e. The molecule has 0 saturated heterocycles. The molecule has 2 aliphatic rings. The fourth-order valence-corrected chi connectivity index (χ4v) is 6.71. The molecule has 214 valence electrons. The summed E-state index contributed by atoms with van der Waals surface area (Å²) in [4.78, 5) is 15.4. The van der Waals surface area contributed by atoms with Crippen molar-refractivity contribution in [1.29, 1.82) is 0 Å². The largest absolute Gasteiger partial charge is 0.465 e. The van der Waals surface area contributed by atoms with E-state index >= 15 is 0 Å². The molecule has 1 saturated carbocycles. The SMILES string of the molecule is CCN(CC1CCCC1)c1ccc2c(c1CN(Cc1cc(C(F)(F)F)cc(S(C)(=O)=O)c1)C(=O)O)CCCC2. The smallest absolute Gasteiger partial charge is 0.416 e. The minimum Gasteiger partial charge on any atom is -0.465 e. The van der Waals surface area contributed by atoms with Crippen molar-refractivity contribution in [3.8, 4) is 0 Å². The van der Waals surface area contributed by atoms with Gasteiger partial charge >= 0.3 is 12.3 Å². The maximum absolute atomic E-state index is 13.6. The third kappa shape index (κ3) is 7.07. The van der Waals surface area contributed by atoms with Gasteiger partial charge in [-0.1, -0.05) is 18.9 Å². The molecule has 2 aromatic rings. The molecule has 0 radical (unpaired) electrons. The number of carbonyl (C=O) groups is 1. The lowest BCUT2D eigenvalue weighted by Gasteiger charge is -2.33. The Kier molecular flexibility index (Phi) is 8.83. The van der Waals surface area contributed by atoms with Gasteiger partial charge in [0.15, 0.2) is 9.84 Å². The number of amides is 1. The monoisotopic (exact) mass is 566 g/mol. The van der Waals surface area contributed by atoms with Gasteiger partial charge in [-0.05, 0) is 97.9 Å². The highest BCUT2D eigenvalue weighted by molar-refractivity contribution is 7.90. The molecule has 0 bridgehead atoms. The van der Waals surface area contributed by atoms with E-state index in [-0.39, 0.29) is 18.7 Å². The molecule has 0 spiro atoms. The highest BCUT2D eigenvalue weighted by atomic mass is 32.2. The number of rotatable bonds is 9. The first-order valence-corrected chi connectivity index (χ1v) is 15.5. The summed E-state index contributed by atoms with van der Waals surface area (Å²) >= 11 is 0. The first kappa shape index (κ1) is 29.2. The number of aryl methyl sites for hydroxylation is 1. The van der Waals surface area contributed by atoms with Crippen molar-refractivity contribution in [2.24, 2.45) is 5.92 Å². The van der Waals surface area contributed by atoms with Crippen LogP contribution in [0.2, 0.25) is 0 Å². The summed E-state index contributed by atoms with van der Waals surface area (Å²) in [5.74, 6) is 0.587. The number of nitrogens with zero attached hydrogens (tertiary/aromatic N) is 2. The second kappa shape index (κ2) is 11.8. The average Bonchev–Trinajstić information content (AvgIpc) is 3.39. The fraction of sp³-hybridized carbons (Fsp3) is 0.552. The molecule has 0 unspecified atom stereocenters. The number of halogens is 3. The number of benzene rings is 2. The van der Waals surface area contributed by atoms with Gasteiger partial charge in [0.25, 0.3) is 0 Å². The molecule has 0 aromatic heterocycles. The average molecular weight is 567 g/mol. The van der Waals surface area contributed by atoms with E-state index in [1.165, 1.54) is 31.2 Å². The predicted octanol–water partition coefficient (Wildman–Crippen LogP) is 6.68. The van der Waals surface area contributed by atoms with Crippen LogP contribution < -0.4 is 4.90 Å². The highest BCUT2D eigenvalue weighted by Crippen LogP contribution is 2.36. The Labute approximate surface area is 228 Å². The Bertz CT molecular complexity index is 1300. The second-order valence-electron chi connectivity index (χ2n) is 10.9. The normalized spacial score (nSPS) is 16.2. The van der Waals surface area contributed by atoms with Crippen LogP contribution in [0.4, 0.5) is 23.7 Å². The number of carboxylic acid groups (broad SMARTS) is 1. The summed E-state index contributed by atoms with van der Waals surface area (Å²) in [5, 5.41) is 10.1. The van der Waals surface area contributed by atoms with Gasteiger partial charge in [0.1, 0.15) is 0 Å². The molecule has 1 amide bonds. The Morgan fingerprint density at radius 3 is 2.33 bits per heavy atom. The number of fused-ring (bicyclic) bond motifs is 1. The van der Waals surface area contributed by atoms with Crippen LogP contribution in [0.25, 0.3) is 0 Å². The third-order valence-corrected chi connectivity index (χ3v) is 9.11. The first-order chi connectivity index (χ1) is 18.4. The zero-order valence-corrected chi connectivity index (χ0v) is 23.4. The first-order valence-electron chi connectivity index (χ1n) is 13.6. The summed E-state index contributed by atoms with van der Waals surface area (Å²) < 4.78 is 65.0. The number of hydrogen-bond acceptors (Lipinski definition) is 4. The van der Waals surface area contributed by atoms with Crippen LogP contribution >= 0.6 is 0 Å². The lowest BCUT2D eigenvalue weighted by atomic mass is 9.86. The Balaban J connectivity index is 1.73. The van der Waals surface area contributed by atoms with Crippen molar-refractivity contribution in [3.63, 3.8) is 0 Å². The van der Waals surface area contributed by atoms with Gasteiger partial charge in [0.2, 0.25) is 0 Å². The van der Waals surface area contributed by atoms with Gasteiger partial charge in [-0.25, -0.2) is 13.2 Å². The molecule has 1 N–H and O–H groups in total. The summed E-state index contributed by atoms with van der Waals surface area (Å²) in [5.41, 5.74) is 3.09. The summed E-state index contributed by atoms with van der Waals surface area (Å²) in [6.07, 6.45) is 3.40. The summed E-state index contributed by atoms with van der Waals surface area (Å²) in [7, 11) is -3.94. The lowest BCUT2D eigenvalue weighted by Crippen LogP contribution is -2.33. The van der Waals surface area contributed by atoms with Crippen LogP contribution in [0, 0.1) is 5.92 Å². The number of sulfone groups is 1. The van der Waals surface area contributed by atoms with Crippen molar-refractivity contribution in [1.82, 2.24) is 4.90 Å². The maximum atomic E-state index is 13.6. The van der Waals surface area contributed by atoms with E-state index < -0.39 is 32.6 Å². The Morgan fingerprint density at radius 2 is 1.72 bits per heavy atom. The predicted molar refractivity (Wildman–Crippen MR) is 145 cm³/mol. The van der Waals surface area contributed by atoms with E-state index in [0.29, 0.717) is 12.0 Å². The van der Waals surface area contributed by atoms with Crippen molar-refractivity contribution in [3.05, 3.63) is 58.1 Å². The second-order valence-corrected chi connectivity index (χ2v) is 12.9. The minimum absolute atomic E-state index is 0.0134. The standard InChI is InChI=1S/C29H37F3N2O4S/c1-3-33(17-20-8-4-5-9-20)27-13-12-22-10-6-7-11-25(22)26(27)19-34(28(35)36)18-21-14-23(29(30,31)32)16-24(15-21)39(2,37)38/h12-16,20H,3-11,17-19H2,1-2H3,(H,35,36). The van der Waals surface area contributed by atoms with Gasteiger partial charge in [-0.3, -0.25) is 4.90 Å². The summed E-state index contributed by atoms with van der Waals surface area (Å²) in [6, 6.07) is 6.79. The van der Waals surface area contributed by atoms with Crippen LogP contribution in [-0.2, 0) is 41.9 Å². The van der Waals surface area contributed by atoms with Crippen LogP contribution in [-0.4, -0.2) is 43.9 Å². The van der Waals surface area contributed by atoms with Gasteiger partial charge in [0.05, 0.1) is 17.0 Å². The van der Waals surface area contributed by atoms with Crippen molar-refractivity contribution in [2.75, 3.05) is 24.2 Å². The van der Waals surface area contributed by atoms with Crippen LogP contribution in [0.1, 0.15) is 73.3 Å². The van der Waals surface area contributed by atoms with E-state index in [9.17, 15) is 31.5 Å². The minimum atomic E-state index is -4.77. The zero-order valence-electron chi connectivity index (χ0n) is 22.6. The van der Waals surface area contributed by atoms with Crippen LogP contribution in [0.15, 0.2) is 35.2 Å². The quantitative estimate of drug-likeness (QED) is 0.366. The van der Waals surface area contributed by atoms with E-state index in [1.807, 2.05) is 0 Å². The molecule has 0 aliphatic heterocycles. The van der Waals surface area contributed by atoms with E-state index in [1.54, 1.807) is 0 Å². The number of anilines is 1. The molecular weight excluding hydrogens is 529 g/mol.